The van der Waals surface area contributed by atoms with E-state index >= 15 is 0 Å². The quantitative estimate of drug-likeness (QED) is 0.496. The fourth-order valence-electron chi connectivity index (χ4n) is 2.53. The third-order valence-electron chi connectivity index (χ3n) is 3.63. The molecule has 0 aliphatic heterocycles. The van der Waals surface area contributed by atoms with Gasteiger partial charge in [-0.25, -0.2) is 4.39 Å². The lowest BCUT2D eigenvalue weighted by molar-refractivity contribution is 0.616. The number of furan rings is 1. The summed E-state index contributed by atoms with van der Waals surface area (Å²) < 4.78 is 20.6. The first-order chi connectivity index (χ1) is 11.1. The molecule has 4 nitrogen and oxygen atoms in total. The number of hydrogen-bond donors (Lipinski definition) is 0. The Hall–Kier alpha value is -2.05. The third kappa shape index (κ3) is 2.48. The second kappa shape index (κ2) is 5.54. The van der Waals surface area contributed by atoms with Gasteiger partial charge in [0.25, 0.3) is 0 Å². The highest BCUT2D eigenvalue weighted by Gasteiger charge is 2.14. The molecule has 0 radical (unpaired) electrons. The van der Waals surface area contributed by atoms with Crippen LogP contribution in [0, 0.1) is 12.7 Å². The number of halogens is 2. The Morgan fingerprint density at radius 3 is 2.91 bits per heavy atom. The monoisotopic (exact) mass is 347 g/mol. The van der Waals surface area contributed by atoms with Crippen LogP contribution in [0.2, 0.25) is 5.02 Å². The van der Waals surface area contributed by atoms with Gasteiger partial charge in [-0.3, -0.25) is 4.40 Å². The smallest absolute Gasteiger partial charge is 0.152 e. The molecule has 0 spiro atoms. The summed E-state index contributed by atoms with van der Waals surface area (Å²) >= 11 is 7.58. The van der Waals surface area contributed by atoms with Crippen LogP contribution < -0.4 is 0 Å². The molecule has 0 atom stereocenters. The maximum Gasteiger partial charge on any atom is 0.152 e. The molecule has 0 saturated heterocycles. The minimum Gasteiger partial charge on any atom is -0.463 e. The van der Waals surface area contributed by atoms with Gasteiger partial charge in [-0.1, -0.05) is 29.4 Å². The van der Waals surface area contributed by atoms with Crippen molar-refractivity contribution >= 4 is 40.0 Å². The molecule has 23 heavy (non-hydrogen) atoms. The summed E-state index contributed by atoms with van der Waals surface area (Å²) in [5.41, 5.74) is 3.56. The number of fused-ring (bicyclic) bond motifs is 3. The Morgan fingerprint density at radius 1 is 1.22 bits per heavy atom. The molecule has 4 rings (SSSR count). The minimum atomic E-state index is -0.340. The van der Waals surface area contributed by atoms with Crippen LogP contribution in [-0.2, 0) is 5.75 Å². The molecule has 3 aromatic heterocycles. The first-order valence-corrected chi connectivity index (χ1v) is 8.28. The number of rotatable bonds is 3. The Bertz CT molecular complexity index is 1030. The molecule has 0 saturated carbocycles. The molecule has 1 aromatic carbocycles. The van der Waals surface area contributed by atoms with E-state index in [0.29, 0.717) is 10.8 Å². The standard InChI is InChI=1S/C16H11ClFN3OS/c1-9-19-20-16(14-7-15-13(21(9)14)4-5-22-15)23-8-10-2-3-11(18)6-12(10)17/h2-7H,8H2,1H3. The van der Waals surface area contributed by atoms with Crippen molar-refractivity contribution in [2.45, 2.75) is 17.7 Å². The molecule has 0 amide bonds. The van der Waals surface area contributed by atoms with Gasteiger partial charge in [0, 0.05) is 22.9 Å². The van der Waals surface area contributed by atoms with Crippen molar-refractivity contribution in [2.24, 2.45) is 0 Å². The number of benzene rings is 1. The highest BCUT2D eigenvalue weighted by Crippen LogP contribution is 2.31. The number of hydrogen-bond acceptors (Lipinski definition) is 4. The molecular formula is C16H11ClFN3OS. The lowest BCUT2D eigenvalue weighted by Crippen LogP contribution is -1.99. The number of nitrogens with zero attached hydrogens (tertiary/aromatic N) is 3. The summed E-state index contributed by atoms with van der Waals surface area (Å²) in [7, 11) is 0. The predicted octanol–water partition coefficient (Wildman–Crippen LogP) is 4.87. The average molecular weight is 348 g/mol. The Morgan fingerprint density at radius 2 is 2.09 bits per heavy atom. The van der Waals surface area contributed by atoms with Crippen LogP contribution in [0.15, 0.2) is 46.0 Å². The molecule has 0 fully saturated rings. The van der Waals surface area contributed by atoms with Crippen LogP contribution in [0.25, 0.3) is 16.6 Å². The second-order valence-corrected chi connectivity index (χ2v) is 6.48. The fourth-order valence-corrected chi connectivity index (χ4v) is 3.79. The molecule has 0 aliphatic carbocycles. The van der Waals surface area contributed by atoms with Crippen molar-refractivity contribution in [3.63, 3.8) is 0 Å². The summed E-state index contributed by atoms with van der Waals surface area (Å²) in [5.74, 6) is 1.03. The summed E-state index contributed by atoms with van der Waals surface area (Å²) in [6.07, 6.45) is 1.65. The van der Waals surface area contributed by atoms with Gasteiger partial charge in [-0.2, -0.15) is 0 Å². The van der Waals surface area contributed by atoms with E-state index in [1.165, 1.54) is 23.9 Å². The maximum atomic E-state index is 13.1. The summed E-state index contributed by atoms with van der Waals surface area (Å²) in [6.45, 7) is 1.90. The predicted molar refractivity (Wildman–Crippen MR) is 88.5 cm³/mol. The van der Waals surface area contributed by atoms with Crippen LogP contribution >= 0.6 is 23.4 Å². The van der Waals surface area contributed by atoms with Gasteiger partial charge in [0.1, 0.15) is 16.7 Å². The lowest BCUT2D eigenvalue weighted by Gasteiger charge is -2.07. The average Bonchev–Trinajstić information content (AvgIpc) is 3.09. The van der Waals surface area contributed by atoms with E-state index in [4.69, 9.17) is 16.0 Å². The zero-order valence-electron chi connectivity index (χ0n) is 12.1. The van der Waals surface area contributed by atoms with Gasteiger partial charge >= 0.3 is 0 Å². The van der Waals surface area contributed by atoms with Crippen LogP contribution in [0.5, 0.6) is 0 Å². The van der Waals surface area contributed by atoms with Crippen LogP contribution in [0.3, 0.4) is 0 Å². The van der Waals surface area contributed by atoms with Gasteiger partial charge < -0.3 is 4.42 Å². The second-order valence-electron chi connectivity index (χ2n) is 5.11. The van der Waals surface area contributed by atoms with Crippen LogP contribution in [-0.4, -0.2) is 14.6 Å². The van der Waals surface area contributed by atoms with Crippen LogP contribution in [0.4, 0.5) is 4.39 Å². The Labute approximate surface area is 140 Å². The van der Waals surface area contributed by atoms with Gasteiger partial charge in [-0.15, -0.1) is 10.2 Å². The van der Waals surface area contributed by atoms with E-state index in [-0.39, 0.29) is 5.82 Å². The van der Waals surface area contributed by atoms with Crippen molar-refractivity contribution < 1.29 is 8.81 Å². The van der Waals surface area contributed by atoms with Crippen molar-refractivity contribution in [2.75, 3.05) is 0 Å². The van der Waals surface area contributed by atoms with Crippen LogP contribution in [0.1, 0.15) is 11.4 Å². The Kier molecular flexibility index (Phi) is 3.50. The molecule has 4 aromatic rings. The minimum absolute atomic E-state index is 0.340. The van der Waals surface area contributed by atoms with Crippen molar-refractivity contribution in [1.82, 2.24) is 14.6 Å². The zero-order valence-corrected chi connectivity index (χ0v) is 13.7. The topological polar surface area (TPSA) is 43.3 Å². The van der Waals surface area contributed by atoms with E-state index in [0.717, 1.165) is 33.0 Å². The fraction of sp³-hybridized carbons (Fsp3) is 0.125. The molecule has 7 heteroatoms. The molecular weight excluding hydrogens is 337 g/mol. The summed E-state index contributed by atoms with van der Waals surface area (Å²) in [5, 5.41) is 9.69. The van der Waals surface area contributed by atoms with E-state index in [1.807, 2.05) is 23.5 Å². The van der Waals surface area contributed by atoms with E-state index in [1.54, 1.807) is 12.3 Å². The van der Waals surface area contributed by atoms with E-state index < -0.39 is 0 Å². The molecule has 0 aliphatic rings. The number of aromatic nitrogens is 3. The molecule has 0 N–H and O–H groups in total. The number of aryl methyl sites for hydroxylation is 1. The van der Waals surface area contributed by atoms with Gasteiger partial charge in [0.15, 0.2) is 5.58 Å². The maximum absolute atomic E-state index is 13.1. The lowest BCUT2D eigenvalue weighted by atomic mass is 10.2. The molecule has 0 bridgehead atoms. The van der Waals surface area contributed by atoms with Gasteiger partial charge in [0.2, 0.25) is 0 Å². The molecule has 0 unspecified atom stereocenters. The highest BCUT2D eigenvalue weighted by molar-refractivity contribution is 7.98. The highest BCUT2D eigenvalue weighted by atomic mass is 35.5. The van der Waals surface area contributed by atoms with Crippen molar-refractivity contribution in [3.8, 4) is 0 Å². The Balaban J connectivity index is 1.73. The van der Waals surface area contributed by atoms with Gasteiger partial charge in [-0.05, 0) is 24.6 Å². The zero-order chi connectivity index (χ0) is 16.0. The van der Waals surface area contributed by atoms with Crippen molar-refractivity contribution in [3.05, 3.63) is 58.8 Å². The van der Waals surface area contributed by atoms with E-state index in [2.05, 4.69) is 10.2 Å². The van der Waals surface area contributed by atoms with Gasteiger partial charge in [0.05, 0.1) is 17.3 Å². The van der Waals surface area contributed by atoms with Crippen molar-refractivity contribution in [1.29, 1.82) is 0 Å². The normalized spacial score (nSPS) is 11.6. The molecule has 3 heterocycles. The largest absolute Gasteiger partial charge is 0.463 e. The molecule has 116 valence electrons. The number of thioether (sulfide) groups is 1. The van der Waals surface area contributed by atoms with E-state index in [9.17, 15) is 4.39 Å². The summed E-state index contributed by atoms with van der Waals surface area (Å²) in [6, 6.07) is 8.27. The first kappa shape index (κ1) is 14.5. The SMILES string of the molecule is Cc1nnc(SCc2ccc(F)cc2Cl)c2cc3occc3n12. The summed E-state index contributed by atoms with van der Waals surface area (Å²) in [4.78, 5) is 0. The third-order valence-corrected chi connectivity index (χ3v) is 5.00. The first-order valence-electron chi connectivity index (χ1n) is 6.92.